The topological polar surface area (TPSA) is 6.48 Å². The van der Waals surface area contributed by atoms with E-state index in [0.717, 1.165) is 11.4 Å². The molecule has 11 aromatic carbocycles. The highest BCUT2D eigenvalue weighted by atomic mass is 32.1. The molecule has 0 atom stereocenters. The fourth-order valence-corrected chi connectivity index (χ4v) is 16.1. The second-order valence-electron chi connectivity index (χ2n) is 33.5. The van der Waals surface area contributed by atoms with Gasteiger partial charge in [-0.3, -0.25) is 0 Å². The molecule has 0 N–H and O–H groups in total. The smallest absolute Gasteiger partial charge is 0.252 e. The van der Waals surface area contributed by atoms with Crippen molar-refractivity contribution >= 4 is 88.7 Å². The van der Waals surface area contributed by atoms with E-state index in [1.54, 1.807) is 0 Å². The minimum Gasteiger partial charge on any atom is -0.311 e. The molecular formula is C92H95BN2S. The second-order valence-corrected chi connectivity index (χ2v) is 34.6. The van der Waals surface area contributed by atoms with Crippen LogP contribution in [0.2, 0.25) is 0 Å². The Balaban J connectivity index is 1.14. The molecule has 0 unspecified atom stereocenters. The average molecular weight is 1270 g/mol. The zero-order valence-electron chi connectivity index (χ0n) is 60.3. The van der Waals surface area contributed by atoms with E-state index in [0.29, 0.717) is 11.8 Å². The van der Waals surface area contributed by atoms with Gasteiger partial charge in [-0.25, -0.2) is 0 Å². The number of benzene rings is 11. The molecule has 3 heterocycles. The number of thiophene rings is 1. The lowest BCUT2D eigenvalue weighted by atomic mass is 9.33. The van der Waals surface area contributed by atoms with Crippen molar-refractivity contribution < 1.29 is 0 Å². The number of hydrogen-bond donors (Lipinski definition) is 0. The standard InChI is InChI=1S/C92H95BN2S/c1-56(2)59-37-42-70(75(49-59)57(3)4)60-38-43-80-76(50-60)93-77-51-61(73-30-26-34-85-86(73)74-29-22-25-33-84(74)96-85)39-44-81(77)95(79-32-24-21-28-72(79)64-47-68(91(14,15)16)55-69(48-64)92(17,18)19)83-53-62(58-35-40-65(41-36-58)88(5,6)7)52-82(87(83)93)94(80)78-31-23-20-27-71(78)63-45-66(89(8,9)10)54-67(46-63)90(11,12)13/h20-57H,1-19H3. The Hall–Kier alpha value is -8.70. The Bertz CT molecular complexity index is 4950. The van der Waals surface area contributed by atoms with Crippen LogP contribution in [0.3, 0.4) is 0 Å². The molecule has 1 aromatic heterocycles. The normalized spacial score (nSPS) is 13.5. The highest BCUT2D eigenvalue weighted by Crippen LogP contribution is 2.52. The average Bonchev–Trinajstić information content (AvgIpc) is 0.750. The zero-order valence-corrected chi connectivity index (χ0v) is 61.1. The van der Waals surface area contributed by atoms with E-state index in [1.165, 1.54) is 154 Å². The van der Waals surface area contributed by atoms with Gasteiger partial charge in [-0.2, -0.15) is 0 Å². The lowest BCUT2D eigenvalue weighted by Crippen LogP contribution is -2.61. The summed E-state index contributed by atoms with van der Waals surface area (Å²) in [6, 6.07) is 86.3. The Morgan fingerprint density at radius 1 is 0.302 bits per heavy atom. The Morgan fingerprint density at radius 2 is 0.740 bits per heavy atom. The molecule has 0 amide bonds. The summed E-state index contributed by atoms with van der Waals surface area (Å²) in [7, 11) is 0. The first kappa shape index (κ1) is 64.6. The fraction of sp³-hybridized carbons (Fsp3) is 0.283. The van der Waals surface area contributed by atoms with Gasteiger partial charge in [-0.05, 0) is 187 Å². The van der Waals surface area contributed by atoms with Gasteiger partial charge < -0.3 is 9.80 Å². The molecule has 0 fully saturated rings. The van der Waals surface area contributed by atoms with Crippen LogP contribution in [0.4, 0.5) is 34.1 Å². The summed E-state index contributed by atoms with van der Waals surface area (Å²) in [4.78, 5) is 5.36. The Kier molecular flexibility index (Phi) is 15.9. The molecule has 4 heteroatoms. The number of fused-ring (bicyclic) bond motifs is 7. The lowest BCUT2D eigenvalue weighted by molar-refractivity contribution is 0.568. The first-order chi connectivity index (χ1) is 45.4. The van der Waals surface area contributed by atoms with Crippen LogP contribution in [0.5, 0.6) is 0 Å². The highest BCUT2D eigenvalue weighted by Gasteiger charge is 2.45. The fourth-order valence-electron chi connectivity index (χ4n) is 15.0. The number of anilines is 6. The predicted octanol–water partition coefficient (Wildman–Crippen LogP) is 25.2. The summed E-state index contributed by atoms with van der Waals surface area (Å²) >= 11 is 1.89. The van der Waals surface area contributed by atoms with Crippen LogP contribution in [0.25, 0.3) is 75.8 Å². The van der Waals surface area contributed by atoms with Crippen LogP contribution in [-0.2, 0) is 27.1 Å². The summed E-state index contributed by atoms with van der Waals surface area (Å²) in [5.41, 5.74) is 32.2. The van der Waals surface area contributed by atoms with Crippen LogP contribution in [0.15, 0.2) is 218 Å². The van der Waals surface area contributed by atoms with E-state index >= 15 is 0 Å². The monoisotopic (exact) mass is 1270 g/mol. The maximum absolute atomic E-state index is 2.68. The third-order valence-electron chi connectivity index (χ3n) is 20.8. The van der Waals surface area contributed by atoms with Crippen molar-refractivity contribution in [3.05, 3.63) is 257 Å². The molecule has 96 heavy (non-hydrogen) atoms. The Labute approximate surface area is 578 Å². The van der Waals surface area contributed by atoms with E-state index in [1.807, 2.05) is 11.3 Å². The Morgan fingerprint density at radius 3 is 1.22 bits per heavy atom. The molecule has 12 aromatic rings. The van der Waals surface area contributed by atoms with Crippen molar-refractivity contribution in [2.24, 2.45) is 0 Å². The third-order valence-corrected chi connectivity index (χ3v) is 21.9. The molecule has 0 saturated heterocycles. The van der Waals surface area contributed by atoms with Gasteiger partial charge in [0.25, 0.3) is 6.71 Å². The molecule has 0 bridgehead atoms. The summed E-state index contributed by atoms with van der Waals surface area (Å²) in [6.07, 6.45) is 0. The van der Waals surface area contributed by atoms with Crippen molar-refractivity contribution in [2.45, 2.75) is 170 Å². The van der Waals surface area contributed by atoms with Crippen molar-refractivity contribution in [2.75, 3.05) is 9.80 Å². The molecular weight excluding hydrogens is 1180 g/mol. The van der Waals surface area contributed by atoms with Crippen LogP contribution < -0.4 is 26.2 Å². The quantitative estimate of drug-likeness (QED) is 0.133. The number of para-hydroxylation sites is 2. The van der Waals surface area contributed by atoms with Gasteiger partial charge in [0.15, 0.2) is 0 Å². The van der Waals surface area contributed by atoms with E-state index in [9.17, 15) is 0 Å². The van der Waals surface area contributed by atoms with Gasteiger partial charge in [0.2, 0.25) is 0 Å². The maximum Gasteiger partial charge on any atom is 0.252 e. The molecule has 0 radical (unpaired) electrons. The van der Waals surface area contributed by atoms with Gasteiger partial charge in [0, 0.05) is 54.0 Å². The van der Waals surface area contributed by atoms with Crippen LogP contribution in [0.1, 0.15) is 182 Å². The second kappa shape index (κ2) is 23.5. The van der Waals surface area contributed by atoms with Crippen molar-refractivity contribution in [3.8, 4) is 55.6 Å². The van der Waals surface area contributed by atoms with E-state index in [4.69, 9.17) is 0 Å². The summed E-state index contributed by atoms with van der Waals surface area (Å²) in [5, 5.41) is 2.62. The van der Waals surface area contributed by atoms with E-state index in [2.05, 4.69) is 360 Å². The van der Waals surface area contributed by atoms with Gasteiger partial charge in [-0.1, -0.05) is 301 Å². The summed E-state index contributed by atoms with van der Waals surface area (Å²) in [6.45, 7) is 44.4. The van der Waals surface area contributed by atoms with Crippen molar-refractivity contribution in [1.29, 1.82) is 0 Å². The van der Waals surface area contributed by atoms with Gasteiger partial charge in [0.1, 0.15) is 0 Å². The summed E-state index contributed by atoms with van der Waals surface area (Å²) in [5.74, 6) is 0.727. The minimum absolute atomic E-state index is 0.0114. The molecule has 2 nitrogen and oxygen atoms in total. The lowest BCUT2D eigenvalue weighted by Gasteiger charge is -2.45. The molecule has 0 spiro atoms. The highest BCUT2D eigenvalue weighted by molar-refractivity contribution is 7.26. The molecule has 2 aliphatic heterocycles. The molecule has 482 valence electrons. The third kappa shape index (κ3) is 11.5. The van der Waals surface area contributed by atoms with Crippen LogP contribution >= 0.6 is 11.3 Å². The van der Waals surface area contributed by atoms with Crippen molar-refractivity contribution in [1.82, 2.24) is 0 Å². The number of rotatable bonds is 9. The minimum atomic E-state index is -0.187. The van der Waals surface area contributed by atoms with E-state index < -0.39 is 0 Å². The number of nitrogens with zero attached hydrogens (tertiary/aromatic N) is 2. The molecule has 0 saturated carbocycles. The molecule has 2 aliphatic rings. The molecule has 14 rings (SSSR count). The van der Waals surface area contributed by atoms with Gasteiger partial charge in [-0.15, -0.1) is 11.3 Å². The van der Waals surface area contributed by atoms with E-state index in [-0.39, 0.29) is 33.8 Å². The van der Waals surface area contributed by atoms with Gasteiger partial charge >= 0.3 is 0 Å². The molecule has 0 aliphatic carbocycles. The SMILES string of the molecule is CC(C)c1ccc(-c2ccc3c(c2)B2c4cc(-c5cccc6sc7ccccc7c56)ccc4N(c4ccccc4-c4cc(C(C)(C)C)cc(C(C)(C)C)c4)c4cc(-c5ccc(C(C)(C)C)cc5)cc(c42)N3c2ccccc2-c2cc(C(C)(C)C)cc(C(C)(C)C)c2)c(C(C)C)c1. The largest absolute Gasteiger partial charge is 0.311 e. The maximum atomic E-state index is 2.68. The van der Waals surface area contributed by atoms with Crippen LogP contribution in [0, 0.1) is 0 Å². The predicted molar refractivity (Wildman–Crippen MR) is 422 cm³/mol. The van der Waals surface area contributed by atoms with Crippen LogP contribution in [-0.4, -0.2) is 6.71 Å². The zero-order chi connectivity index (χ0) is 67.9. The van der Waals surface area contributed by atoms with Crippen molar-refractivity contribution in [3.63, 3.8) is 0 Å². The van der Waals surface area contributed by atoms with Gasteiger partial charge in [0.05, 0.1) is 11.4 Å². The first-order valence-electron chi connectivity index (χ1n) is 35.1. The first-order valence-corrected chi connectivity index (χ1v) is 35.9. The summed E-state index contributed by atoms with van der Waals surface area (Å²) < 4.78 is 2.61. The number of hydrogen-bond acceptors (Lipinski definition) is 3.